The van der Waals surface area contributed by atoms with Crippen molar-refractivity contribution in [3.63, 3.8) is 0 Å². The maximum absolute atomic E-state index is 12.3. The molecule has 0 aliphatic heterocycles. The predicted molar refractivity (Wildman–Crippen MR) is 66.0 cm³/mol. The summed E-state index contributed by atoms with van der Waals surface area (Å²) in [7, 11) is -1.12. The Kier molecular flexibility index (Phi) is 4.20. The van der Waals surface area contributed by atoms with Crippen molar-refractivity contribution in [2.24, 2.45) is 17.9 Å². The van der Waals surface area contributed by atoms with Crippen molar-refractivity contribution >= 4 is 27.5 Å². The Labute approximate surface area is 110 Å². The minimum absolute atomic E-state index is 0.0102. The summed E-state index contributed by atoms with van der Waals surface area (Å²) < 4.78 is 26.7. The molecule has 1 rings (SSSR count). The van der Waals surface area contributed by atoms with Gasteiger partial charge in [-0.15, -0.1) is 0 Å². The van der Waals surface area contributed by atoms with Crippen LogP contribution < -0.4 is 5.73 Å². The van der Waals surface area contributed by atoms with Crippen molar-refractivity contribution in [3.05, 3.63) is 11.2 Å². The van der Waals surface area contributed by atoms with Gasteiger partial charge in [0.15, 0.2) is 10.9 Å². The van der Waals surface area contributed by atoms with Crippen LogP contribution in [-0.4, -0.2) is 46.6 Å². The Balaban J connectivity index is 3.24. The average molecular weight is 296 g/mol. The van der Waals surface area contributed by atoms with Gasteiger partial charge in [-0.3, -0.25) is 4.68 Å². The summed E-state index contributed by atoms with van der Waals surface area (Å²) in [5.74, 6) is -0.223. The molecule has 1 unspecified atom stereocenters. The number of aromatic nitrogens is 2. The molecule has 8 nitrogen and oxygen atoms in total. The molecule has 0 saturated carbocycles. The van der Waals surface area contributed by atoms with E-state index in [0.29, 0.717) is 0 Å². The summed E-state index contributed by atoms with van der Waals surface area (Å²) in [4.78, 5) is 0. The van der Waals surface area contributed by atoms with Crippen LogP contribution in [0.3, 0.4) is 0 Å². The van der Waals surface area contributed by atoms with Gasteiger partial charge in [0.1, 0.15) is 0 Å². The zero-order valence-corrected chi connectivity index (χ0v) is 11.6. The van der Waals surface area contributed by atoms with E-state index in [2.05, 4.69) is 10.3 Å². The van der Waals surface area contributed by atoms with Gasteiger partial charge < -0.3 is 10.9 Å². The van der Waals surface area contributed by atoms with Crippen LogP contribution >= 0.6 is 11.6 Å². The molecule has 1 atom stereocenters. The van der Waals surface area contributed by atoms with E-state index in [1.54, 1.807) is 0 Å². The number of likely N-dealkylation sites (N-methyl/N-ethyl adjacent to an activating group) is 1. The fraction of sp³-hybridized carbons (Fsp3) is 0.500. The Morgan fingerprint density at radius 1 is 1.72 bits per heavy atom. The van der Waals surface area contributed by atoms with Gasteiger partial charge in [0, 0.05) is 14.1 Å². The first-order chi connectivity index (χ1) is 8.23. The van der Waals surface area contributed by atoms with Crippen LogP contribution in [0.2, 0.25) is 5.02 Å². The number of amidine groups is 1. The molecule has 0 radical (unpaired) electrons. The zero-order chi connectivity index (χ0) is 14.1. The lowest BCUT2D eigenvalue weighted by Gasteiger charge is -2.23. The molecule has 0 fully saturated rings. The minimum Gasteiger partial charge on any atom is -0.409 e. The van der Waals surface area contributed by atoms with Crippen molar-refractivity contribution in [2.75, 3.05) is 7.05 Å². The van der Waals surface area contributed by atoms with Crippen molar-refractivity contribution in [1.29, 1.82) is 0 Å². The topological polar surface area (TPSA) is 114 Å². The van der Waals surface area contributed by atoms with Gasteiger partial charge >= 0.3 is 0 Å². The van der Waals surface area contributed by atoms with E-state index in [0.717, 1.165) is 8.99 Å². The maximum atomic E-state index is 12.3. The number of hydrogen-bond donors (Lipinski definition) is 2. The van der Waals surface area contributed by atoms with Crippen LogP contribution in [0.4, 0.5) is 0 Å². The van der Waals surface area contributed by atoms with Crippen LogP contribution in [0.25, 0.3) is 0 Å². The Morgan fingerprint density at radius 3 is 2.67 bits per heavy atom. The van der Waals surface area contributed by atoms with Gasteiger partial charge in [0.05, 0.1) is 17.3 Å². The van der Waals surface area contributed by atoms with E-state index >= 15 is 0 Å². The number of nitrogens with two attached hydrogens (primary N) is 1. The molecule has 1 aromatic rings. The van der Waals surface area contributed by atoms with E-state index in [4.69, 9.17) is 22.5 Å². The van der Waals surface area contributed by atoms with Gasteiger partial charge in [0.2, 0.25) is 0 Å². The van der Waals surface area contributed by atoms with Crippen molar-refractivity contribution in [2.45, 2.75) is 18.0 Å². The Morgan fingerprint density at radius 2 is 2.28 bits per heavy atom. The normalized spacial score (nSPS) is 15.1. The highest BCUT2D eigenvalue weighted by Crippen LogP contribution is 2.23. The highest BCUT2D eigenvalue weighted by atomic mass is 35.5. The van der Waals surface area contributed by atoms with Crippen molar-refractivity contribution in [3.8, 4) is 0 Å². The monoisotopic (exact) mass is 295 g/mol. The third-order valence-corrected chi connectivity index (χ3v) is 4.99. The number of halogens is 1. The lowest BCUT2D eigenvalue weighted by Crippen LogP contribution is -2.44. The molecular weight excluding hydrogens is 282 g/mol. The second-order valence-corrected chi connectivity index (χ2v) is 5.96. The first-order valence-electron chi connectivity index (χ1n) is 4.86. The highest BCUT2D eigenvalue weighted by Gasteiger charge is 2.32. The fourth-order valence-corrected chi connectivity index (χ4v) is 3.24. The summed E-state index contributed by atoms with van der Waals surface area (Å²) in [6.07, 6.45) is 1.23. The molecular formula is C8H14ClN5O3S. The summed E-state index contributed by atoms with van der Waals surface area (Å²) in [6.45, 7) is 1.48. The molecule has 18 heavy (non-hydrogen) atoms. The first kappa shape index (κ1) is 14.7. The molecule has 0 amide bonds. The van der Waals surface area contributed by atoms with Crippen LogP contribution in [0.15, 0.2) is 16.4 Å². The van der Waals surface area contributed by atoms with Gasteiger partial charge in [0.25, 0.3) is 10.0 Å². The molecule has 102 valence electrons. The zero-order valence-electron chi connectivity index (χ0n) is 10.1. The number of sulfonamides is 1. The summed E-state index contributed by atoms with van der Waals surface area (Å²) in [5.41, 5.74) is 5.38. The molecule has 0 aromatic carbocycles. The van der Waals surface area contributed by atoms with E-state index in [1.165, 1.54) is 27.2 Å². The smallest absolute Gasteiger partial charge is 0.262 e. The van der Waals surface area contributed by atoms with Gasteiger partial charge in [-0.2, -0.15) is 9.40 Å². The average Bonchev–Trinajstić information content (AvgIpc) is 2.66. The van der Waals surface area contributed by atoms with Crippen molar-refractivity contribution < 1.29 is 13.6 Å². The quantitative estimate of drug-likeness (QED) is 0.346. The van der Waals surface area contributed by atoms with Crippen molar-refractivity contribution in [1.82, 2.24) is 14.1 Å². The molecule has 3 N–H and O–H groups in total. The second-order valence-electron chi connectivity index (χ2n) is 3.64. The van der Waals surface area contributed by atoms with Gasteiger partial charge in [-0.05, 0) is 6.92 Å². The van der Waals surface area contributed by atoms with Gasteiger partial charge in [-0.25, -0.2) is 8.42 Å². The minimum atomic E-state index is -3.88. The van der Waals surface area contributed by atoms with Crippen LogP contribution in [0.1, 0.15) is 6.92 Å². The van der Waals surface area contributed by atoms with E-state index in [-0.39, 0.29) is 15.9 Å². The lowest BCUT2D eigenvalue weighted by atomic mass is 10.3. The SMILES string of the molecule is CC(C(N)=NO)N(C)S(=O)(=O)c1c(Cl)cnn1C. The molecule has 0 aliphatic rings. The first-order valence-corrected chi connectivity index (χ1v) is 6.68. The number of hydrogen-bond acceptors (Lipinski definition) is 5. The van der Waals surface area contributed by atoms with E-state index in [9.17, 15) is 8.42 Å². The second kappa shape index (κ2) is 5.12. The molecule has 0 bridgehead atoms. The third kappa shape index (κ3) is 2.42. The fourth-order valence-electron chi connectivity index (χ4n) is 1.30. The molecule has 0 spiro atoms. The Bertz CT molecular complexity index is 548. The van der Waals surface area contributed by atoms with E-state index in [1.807, 2.05) is 0 Å². The molecule has 1 heterocycles. The number of oxime groups is 1. The molecule has 10 heteroatoms. The van der Waals surface area contributed by atoms with Crippen LogP contribution in [-0.2, 0) is 17.1 Å². The molecule has 0 saturated heterocycles. The predicted octanol–water partition coefficient (Wildman–Crippen LogP) is -0.171. The number of nitrogens with zero attached hydrogens (tertiary/aromatic N) is 4. The maximum Gasteiger partial charge on any atom is 0.262 e. The third-order valence-electron chi connectivity index (χ3n) is 2.55. The summed E-state index contributed by atoms with van der Waals surface area (Å²) in [5, 5.41) is 15.0. The van der Waals surface area contributed by atoms with E-state index < -0.39 is 16.1 Å². The summed E-state index contributed by atoms with van der Waals surface area (Å²) in [6, 6.07) is -0.814. The molecule has 0 aliphatic carbocycles. The molecule has 1 aromatic heterocycles. The van der Waals surface area contributed by atoms with Crippen LogP contribution in [0, 0.1) is 0 Å². The largest absolute Gasteiger partial charge is 0.409 e. The highest BCUT2D eigenvalue weighted by molar-refractivity contribution is 7.89. The summed E-state index contributed by atoms with van der Waals surface area (Å²) >= 11 is 5.79. The van der Waals surface area contributed by atoms with Gasteiger partial charge in [-0.1, -0.05) is 16.8 Å². The lowest BCUT2D eigenvalue weighted by molar-refractivity contribution is 0.311. The number of aryl methyl sites for hydroxylation is 1. The Hall–Kier alpha value is -1.32. The van der Waals surface area contributed by atoms with Crippen LogP contribution in [0.5, 0.6) is 0 Å². The standard InChI is InChI=1S/C8H14ClN5O3S/c1-5(7(10)12-15)14(3)18(16,17)8-6(9)4-11-13(8)2/h4-5,15H,1-3H3,(H2,10,12). The number of rotatable bonds is 4.